The van der Waals surface area contributed by atoms with Crippen LogP contribution in [0.25, 0.3) is 0 Å². The standard InChI is InChI=1S/C19H31F3O3SSi/c1-4-7-13-27(14-8-5-2,15-9-6-3)18-12-10-11-17(16-18)25-26(23,24)19(20,21)22/h10-12,16H,4-9,13-15H2,1-3H3. The maximum absolute atomic E-state index is 12.6. The van der Waals surface area contributed by atoms with E-state index in [-0.39, 0.29) is 5.75 Å². The summed E-state index contributed by atoms with van der Waals surface area (Å²) in [6.45, 7) is 6.40. The van der Waals surface area contributed by atoms with Crippen LogP contribution in [0, 0.1) is 0 Å². The summed E-state index contributed by atoms with van der Waals surface area (Å²) < 4.78 is 65.1. The topological polar surface area (TPSA) is 43.4 Å². The zero-order valence-electron chi connectivity index (χ0n) is 16.4. The van der Waals surface area contributed by atoms with E-state index in [1.807, 2.05) is 6.07 Å². The van der Waals surface area contributed by atoms with Crippen LogP contribution in [0.4, 0.5) is 13.2 Å². The Balaban J connectivity index is 3.28. The summed E-state index contributed by atoms with van der Waals surface area (Å²) in [7, 11) is -7.59. The van der Waals surface area contributed by atoms with Gasteiger partial charge in [0.25, 0.3) is 0 Å². The van der Waals surface area contributed by atoms with E-state index in [2.05, 4.69) is 25.0 Å². The van der Waals surface area contributed by atoms with Gasteiger partial charge in [0.05, 0.1) is 8.07 Å². The average molecular weight is 425 g/mol. The highest BCUT2D eigenvalue weighted by Crippen LogP contribution is 2.31. The van der Waals surface area contributed by atoms with Gasteiger partial charge < -0.3 is 4.18 Å². The largest absolute Gasteiger partial charge is 0.534 e. The molecule has 0 heterocycles. The fraction of sp³-hybridized carbons (Fsp3) is 0.684. The Bertz CT molecular complexity index is 653. The fourth-order valence-electron chi connectivity index (χ4n) is 3.41. The molecule has 0 saturated carbocycles. The second kappa shape index (κ2) is 10.5. The number of alkyl halides is 3. The van der Waals surface area contributed by atoms with Crippen molar-refractivity contribution in [3.05, 3.63) is 24.3 Å². The lowest BCUT2D eigenvalue weighted by molar-refractivity contribution is -0.0500. The molecule has 0 fully saturated rings. The molecule has 1 aromatic carbocycles. The molecular weight excluding hydrogens is 393 g/mol. The Hall–Kier alpha value is -1.02. The lowest BCUT2D eigenvalue weighted by Gasteiger charge is -2.33. The maximum atomic E-state index is 12.6. The van der Waals surface area contributed by atoms with E-state index in [4.69, 9.17) is 0 Å². The minimum Gasteiger partial charge on any atom is -0.376 e. The Morgan fingerprint density at radius 2 is 1.41 bits per heavy atom. The summed E-state index contributed by atoms with van der Waals surface area (Å²) >= 11 is 0. The lowest BCUT2D eigenvalue weighted by Crippen LogP contribution is -2.47. The predicted molar refractivity (Wildman–Crippen MR) is 107 cm³/mol. The van der Waals surface area contributed by atoms with Crippen LogP contribution in [-0.2, 0) is 10.1 Å². The van der Waals surface area contributed by atoms with Crippen molar-refractivity contribution in [1.29, 1.82) is 0 Å². The second-order valence-corrected chi connectivity index (χ2v) is 13.3. The highest BCUT2D eigenvalue weighted by Gasteiger charge is 2.48. The molecule has 156 valence electrons. The van der Waals surface area contributed by atoms with Crippen molar-refractivity contribution in [3.63, 3.8) is 0 Å². The number of rotatable bonds is 12. The van der Waals surface area contributed by atoms with Gasteiger partial charge in [0.1, 0.15) is 5.75 Å². The molecule has 0 atom stereocenters. The Kier molecular flexibility index (Phi) is 9.34. The van der Waals surface area contributed by atoms with Gasteiger partial charge in [-0.3, -0.25) is 0 Å². The molecule has 0 saturated heterocycles. The molecule has 0 spiro atoms. The van der Waals surface area contributed by atoms with E-state index in [9.17, 15) is 21.6 Å². The third kappa shape index (κ3) is 6.82. The third-order valence-corrected chi connectivity index (χ3v) is 11.4. The minimum absolute atomic E-state index is 0.244. The van der Waals surface area contributed by atoms with Crippen molar-refractivity contribution in [2.75, 3.05) is 0 Å². The molecule has 0 radical (unpaired) electrons. The summed E-state index contributed by atoms with van der Waals surface area (Å²) in [4.78, 5) is 0. The van der Waals surface area contributed by atoms with E-state index < -0.39 is 23.7 Å². The first-order valence-corrected chi connectivity index (χ1v) is 13.8. The molecule has 27 heavy (non-hydrogen) atoms. The quantitative estimate of drug-likeness (QED) is 0.236. The molecule has 1 aromatic rings. The van der Waals surface area contributed by atoms with E-state index in [1.54, 1.807) is 6.07 Å². The predicted octanol–water partition coefficient (Wildman–Crippen LogP) is 5.97. The number of halogens is 3. The molecule has 1 rings (SSSR count). The van der Waals surface area contributed by atoms with E-state index in [1.165, 1.54) is 12.1 Å². The van der Waals surface area contributed by atoms with Gasteiger partial charge in [0.2, 0.25) is 0 Å². The van der Waals surface area contributed by atoms with E-state index in [0.717, 1.165) is 61.8 Å². The van der Waals surface area contributed by atoms with E-state index in [0.29, 0.717) is 0 Å². The van der Waals surface area contributed by atoms with Gasteiger partial charge in [0.15, 0.2) is 0 Å². The maximum Gasteiger partial charge on any atom is 0.534 e. The Morgan fingerprint density at radius 1 is 0.926 bits per heavy atom. The van der Waals surface area contributed by atoms with Crippen molar-refractivity contribution >= 4 is 23.4 Å². The number of hydrogen-bond acceptors (Lipinski definition) is 3. The van der Waals surface area contributed by atoms with Gasteiger partial charge in [-0.1, -0.05) is 94.7 Å². The van der Waals surface area contributed by atoms with Crippen molar-refractivity contribution < 1.29 is 25.8 Å². The van der Waals surface area contributed by atoms with Crippen molar-refractivity contribution in [2.45, 2.75) is 82.9 Å². The molecular formula is C19H31F3O3SSi. The van der Waals surface area contributed by atoms with Crippen LogP contribution >= 0.6 is 0 Å². The summed E-state index contributed by atoms with van der Waals surface area (Å²) in [5, 5.41) is 1.01. The monoisotopic (exact) mass is 424 g/mol. The van der Waals surface area contributed by atoms with Gasteiger partial charge in [-0.15, -0.1) is 0 Å². The van der Waals surface area contributed by atoms with Crippen LogP contribution in [0.2, 0.25) is 18.1 Å². The van der Waals surface area contributed by atoms with Crippen LogP contribution in [0.1, 0.15) is 59.3 Å². The van der Waals surface area contributed by atoms with Gasteiger partial charge in [0, 0.05) is 0 Å². The first-order chi connectivity index (χ1) is 12.6. The van der Waals surface area contributed by atoms with Gasteiger partial charge >= 0.3 is 15.6 Å². The highest BCUT2D eigenvalue weighted by atomic mass is 32.2. The molecule has 0 aliphatic rings. The van der Waals surface area contributed by atoms with Gasteiger partial charge in [-0.25, -0.2) is 0 Å². The molecule has 0 unspecified atom stereocenters. The number of benzene rings is 1. The normalized spacial score (nSPS) is 13.0. The van der Waals surface area contributed by atoms with Crippen molar-refractivity contribution in [1.82, 2.24) is 0 Å². The molecule has 0 aliphatic carbocycles. The van der Waals surface area contributed by atoms with Crippen LogP contribution < -0.4 is 9.37 Å². The van der Waals surface area contributed by atoms with Gasteiger partial charge in [-0.05, 0) is 12.1 Å². The van der Waals surface area contributed by atoms with Crippen molar-refractivity contribution in [3.8, 4) is 5.75 Å². The smallest absolute Gasteiger partial charge is 0.376 e. The molecule has 0 aromatic heterocycles. The third-order valence-electron chi connectivity index (χ3n) is 4.96. The van der Waals surface area contributed by atoms with Crippen LogP contribution in [0.3, 0.4) is 0 Å². The molecule has 3 nitrogen and oxygen atoms in total. The zero-order valence-corrected chi connectivity index (χ0v) is 18.3. The average Bonchev–Trinajstić information content (AvgIpc) is 2.60. The van der Waals surface area contributed by atoms with Crippen LogP contribution in [0.5, 0.6) is 5.75 Å². The SMILES string of the molecule is CCCC[Si](CCCC)(CCCC)c1cccc(OS(=O)(=O)C(F)(F)F)c1. The highest BCUT2D eigenvalue weighted by molar-refractivity contribution is 7.88. The number of hydrogen-bond donors (Lipinski definition) is 0. The fourth-order valence-corrected chi connectivity index (χ4v) is 9.46. The molecule has 8 heteroatoms. The Labute approximate surface area is 162 Å². The molecule has 0 N–H and O–H groups in total. The first kappa shape index (κ1) is 24.0. The summed E-state index contributed by atoms with van der Waals surface area (Å²) in [6, 6.07) is 9.58. The summed E-state index contributed by atoms with van der Waals surface area (Å²) in [6.07, 6.45) is 6.41. The first-order valence-electron chi connectivity index (χ1n) is 9.73. The van der Waals surface area contributed by atoms with Gasteiger partial charge in [-0.2, -0.15) is 21.6 Å². The molecule has 0 amide bonds. The van der Waals surface area contributed by atoms with Crippen LogP contribution in [0.15, 0.2) is 24.3 Å². The zero-order chi connectivity index (χ0) is 20.6. The summed E-state index contributed by atoms with van der Waals surface area (Å²) in [5.74, 6) is -0.244. The second-order valence-electron chi connectivity index (χ2n) is 7.10. The van der Waals surface area contributed by atoms with Crippen LogP contribution in [-0.4, -0.2) is 22.0 Å². The number of unbranched alkanes of at least 4 members (excludes halogenated alkanes) is 3. The molecule has 0 aliphatic heterocycles. The van der Waals surface area contributed by atoms with E-state index >= 15 is 0 Å². The van der Waals surface area contributed by atoms with Crippen molar-refractivity contribution in [2.24, 2.45) is 0 Å². The molecule has 0 bridgehead atoms. The minimum atomic E-state index is -5.65. The summed E-state index contributed by atoms with van der Waals surface area (Å²) in [5.41, 5.74) is -5.43. The lowest BCUT2D eigenvalue weighted by atomic mass is 10.3. The Morgan fingerprint density at radius 3 is 1.81 bits per heavy atom.